The highest BCUT2D eigenvalue weighted by Gasteiger charge is 2.32. The number of hydrogen-bond acceptors (Lipinski definition) is 3. The van der Waals surface area contributed by atoms with E-state index in [4.69, 9.17) is 0 Å². The maximum Gasteiger partial charge on any atom is 0.246 e. The molecule has 1 unspecified atom stereocenters. The first kappa shape index (κ1) is 11.7. The number of para-hydroxylation sites is 1. The summed E-state index contributed by atoms with van der Waals surface area (Å²) in [7, 11) is 2.15. The Bertz CT molecular complexity index is 452. The minimum atomic E-state index is -0.172. The molecule has 4 nitrogen and oxygen atoms in total. The SMILES string of the molecule is CN1CCC(NC2C(=O)Nc3ccccc32)CC1. The molecule has 0 aliphatic carbocycles. The molecule has 1 saturated heterocycles. The van der Waals surface area contributed by atoms with Crippen molar-refractivity contribution in [2.75, 3.05) is 25.5 Å². The Labute approximate surface area is 107 Å². The highest BCUT2D eigenvalue weighted by atomic mass is 16.2. The minimum absolute atomic E-state index is 0.0788. The van der Waals surface area contributed by atoms with Gasteiger partial charge in [0.1, 0.15) is 6.04 Å². The maximum atomic E-state index is 12.0. The van der Waals surface area contributed by atoms with Gasteiger partial charge in [0.15, 0.2) is 0 Å². The zero-order valence-electron chi connectivity index (χ0n) is 10.6. The Kier molecular flexibility index (Phi) is 3.06. The van der Waals surface area contributed by atoms with Crippen LogP contribution in [-0.4, -0.2) is 37.0 Å². The fourth-order valence-corrected chi connectivity index (χ4v) is 2.79. The average molecular weight is 245 g/mol. The van der Waals surface area contributed by atoms with Crippen molar-refractivity contribution < 1.29 is 4.79 Å². The highest BCUT2D eigenvalue weighted by Crippen LogP contribution is 2.31. The largest absolute Gasteiger partial charge is 0.324 e. The molecule has 1 fully saturated rings. The Morgan fingerprint density at radius 3 is 2.78 bits per heavy atom. The third-order valence-electron chi connectivity index (χ3n) is 3.91. The molecule has 0 spiro atoms. The lowest BCUT2D eigenvalue weighted by molar-refractivity contribution is -0.118. The van der Waals surface area contributed by atoms with Gasteiger partial charge in [0, 0.05) is 17.3 Å². The van der Waals surface area contributed by atoms with Crippen LogP contribution in [0.4, 0.5) is 5.69 Å². The first-order chi connectivity index (χ1) is 8.74. The second-order valence-electron chi connectivity index (χ2n) is 5.25. The second-order valence-corrected chi connectivity index (χ2v) is 5.25. The molecule has 2 aliphatic heterocycles. The van der Waals surface area contributed by atoms with Crippen molar-refractivity contribution in [1.29, 1.82) is 0 Å². The molecule has 1 atom stereocenters. The molecule has 0 bridgehead atoms. The molecular weight excluding hydrogens is 226 g/mol. The van der Waals surface area contributed by atoms with E-state index in [2.05, 4.69) is 22.6 Å². The van der Waals surface area contributed by atoms with Gasteiger partial charge in [-0.3, -0.25) is 10.1 Å². The van der Waals surface area contributed by atoms with Crippen LogP contribution in [0.1, 0.15) is 24.4 Å². The molecule has 0 radical (unpaired) electrons. The van der Waals surface area contributed by atoms with Gasteiger partial charge in [0.2, 0.25) is 5.91 Å². The molecule has 96 valence electrons. The Morgan fingerprint density at radius 2 is 2.00 bits per heavy atom. The Balaban J connectivity index is 1.71. The molecular formula is C14H19N3O. The lowest BCUT2D eigenvalue weighted by Crippen LogP contribution is -2.43. The summed E-state index contributed by atoms with van der Waals surface area (Å²) in [6, 6.07) is 8.21. The summed E-state index contributed by atoms with van der Waals surface area (Å²) < 4.78 is 0. The summed E-state index contributed by atoms with van der Waals surface area (Å²) in [5.41, 5.74) is 2.04. The van der Waals surface area contributed by atoms with Crippen molar-refractivity contribution in [1.82, 2.24) is 10.2 Å². The first-order valence-corrected chi connectivity index (χ1v) is 6.58. The lowest BCUT2D eigenvalue weighted by atomic mass is 10.0. The van der Waals surface area contributed by atoms with Gasteiger partial charge in [0.05, 0.1) is 0 Å². The average Bonchev–Trinajstić information content (AvgIpc) is 2.69. The Morgan fingerprint density at radius 1 is 1.28 bits per heavy atom. The van der Waals surface area contributed by atoms with Crippen molar-refractivity contribution in [2.24, 2.45) is 0 Å². The number of nitrogens with one attached hydrogen (secondary N) is 2. The zero-order valence-corrected chi connectivity index (χ0v) is 10.6. The predicted octanol–water partition coefficient (Wildman–Crippen LogP) is 1.36. The van der Waals surface area contributed by atoms with Gasteiger partial charge in [0.25, 0.3) is 0 Å². The number of fused-ring (bicyclic) bond motifs is 1. The summed E-state index contributed by atoms with van der Waals surface area (Å²) >= 11 is 0. The normalized spacial score (nSPS) is 24.9. The number of hydrogen-bond donors (Lipinski definition) is 2. The number of likely N-dealkylation sites (tertiary alicyclic amines) is 1. The first-order valence-electron chi connectivity index (χ1n) is 6.58. The van der Waals surface area contributed by atoms with Crippen LogP contribution >= 0.6 is 0 Å². The van der Waals surface area contributed by atoms with E-state index in [1.807, 2.05) is 24.3 Å². The van der Waals surface area contributed by atoms with Gasteiger partial charge in [-0.1, -0.05) is 18.2 Å². The van der Waals surface area contributed by atoms with Gasteiger partial charge < -0.3 is 10.2 Å². The van der Waals surface area contributed by atoms with E-state index in [-0.39, 0.29) is 11.9 Å². The van der Waals surface area contributed by atoms with E-state index < -0.39 is 0 Å². The number of benzene rings is 1. The van der Waals surface area contributed by atoms with Gasteiger partial charge in [-0.05, 0) is 39.0 Å². The summed E-state index contributed by atoms with van der Waals surface area (Å²) in [5, 5.41) is 6.44. The van der Waals surface area contributed by atoms with E-state index in [0.29, 0.717) is 6.04 Å². The maximum absolute atomic E-state index is 12.0. The van der Waals surface area contributed by atoms with Crippen LogP contribution in [0.15, 0.2) is 24.3 Å². The third kappa shape index (κ3) is 2.13. The summed E-state index contributed by atoms with van der Waals surface area (Å²) in [6.45, 7) is 2.21. The number of carbonyl (C=O) groups excluding carboxylic acids is 1. The molecule has 1 amide bonds. The molecule has 3 rings (SSSR count). The third-order valence-corrected chi connectivity index (χ3v) is 3.91. The summed E-state index contributed by atoms with van der Waals surface area (Å²) in [6.07, 6.45) is 2.23. The van der Waals surface area contributed by atoms with E-state index in [1.165, 1.54) is 0 Å². The predicted molar refractivity (Wildman–Crippen MR) is 71.5 cm³/mol. The smallest absolute Gasteiger partial charge is 0.246 e. The van der Waals surface area contributed by atoms with Crippen LogP contribution in [0.5, 0.6) is 0 Å². The number of nitrogens with zero attached hydrogens (tertiary/aromatic N) is 1. The van der Waals surface area contributed by atoms with E-state index in [1.54, 1.807) is 0 Å². The lowest BCUT2D eigenvalue weighted by Gasteiger charge is -2.31. The van der Waals surface area contributed by atoms with Crippen LogP contribution in [0.3, 0.4) is 0 Å². The molecule has 1 aromatic carbocycles. The van der Waals surface area contributed by atoms with Gasteiger partial charge in [-0.25, -0.2) is 0 Å². The van der Waals surface area contributed by atoms with Crippen molar-refractivity contribution in [3.63, 3.8) is 0 Å². The van der Waals surface area contributed by atoms with E-state index in [9.17, 15) is 4.79 Å². The van der Waals surface area contributed by atoms with Crippen molar-refractivity contribution in [3.8, 4) is 0 Å². The summed E-state index contributed by atoms with van der Waals surface area (Å²) in [4.78, 5) is 14.3. The van der Waals surface area contributed by atoms with Gasteiger partial charge >= 0.3 is 0 Å². The van der Waals surface area contributed by atoms with E-state index in [0.717, 1.165) is 37.2 Å². The van der Waals surface area contributed by atoms with Gasteiger partial charge in [-0.2, -0.15) is 0 Å². The van der Waals surface area contributed by atoms with Crippen molar-refractivity contribution in [2.45, 2.75) is 24.9 Å². The van der Waals surface area contributed by atoms with Crippen molar-refractivity contribution in [3.05, 3.63) is 29.8 Å². The monoisotopic (exact) mass is 245 g/mol. The number of amides is 1. The molecule has 2 heterocycles. The molecule has 0 aromatic heterocycles. The zero-order chi connectivity index (χ0) is 12.5. The van der Waals surface area contributed by atoms with Crippen LogP contribution in [0, 0.1) is 0 Å². The molecule has 2 N–H and O–H groups in total. The molecule has 2 aliphatic rings. The minimum Gasteiger partial charge on any atom is -0.324 e. The molecule has 18 heavy (non-hydrogen) atoms. The fourth-order valence-electron chi connectivity index (χ4n) is 2.79. The number of anilines is 1. The second kappa shape index (κ2) is 4.71. The molecule has 1 aromatic rings. The van der Waals surface area contributed by atoms with Crippen LogP contribution in [0.25, 0.3) is 0 Å². The molecule has 4 heteroatoms. The number of rotatable bonds is 2. The van der Waals surface area contributed by atoms with Crippen LogP contribution < -0.4 is 10.6 Å². The van der Waals surface area contributed by atoms with Crippen molar-refractivity contribution >= 4 is 11.6 Å². The molecule has 0 saturated carbocycles. The number of carbonyl (C=O) groups is 1. The van der Waals surface area contributed by atoms with Crippen LogP contribution in [0.2, 0.25) is 0 Å². The quantitative estimate of drug-likeness (QED) is 0.827. The van der Waals surface area contributed by atoms with Crippen LogP contribution in [-0.2, 0) is 4.79 Å². The fraction of sp³-hybridized carbons (Fsp3) is 0.500. The highest BCUT2D eigenvalue weighted by molar-refractivity contribution is 6.02. The van der Waals surface area contributed by atoms with Gasteiger partial charge in [-0.15, -0.1) is 0 Å². The van der Waals surface area contributed by atoms with E-state index >= 15 is 0 Å². The number of piperidine rings is 1. The summed E-state index contributed by atoms with van der Waals surface area (Å²) in [5.74, 6) is 0.0788. The topological polar surface area (TPSA) is 44.4 Å². The Hall–Kier alpha value is -1.39. The standard InChI is InChI=1S/C14H19N3O/c1-17-8-6-10(7-9-17)15-13-11-4-2-3-5-12(11)16-14(13)18/h2-5,10,13,15H,6-9H2,1H3,(H,16,18).